The minimum atomic E-state index is -4.03. The number of rotatable bonds is 9. The zero-order valence-corrected chi connectivity index (χ0v) is 21.6. The topological polar surface area (TPSA) is 156 Å². The van der Waals surface area contributed by atoms with Gasteiger partial charge in [0.15, 0.2) is 0 Å². The van der Waals surface area contributed by atoms with E-state index in [2.05, 4.69) is 15.4 Å². The highest BCUT2D eigenvalue weighted by Crippen LogP contribution is 2.38. The number of hydrogen-bond acceptors (Lipinski definition) is 8. The van der Waals surface area contributed by atoms with Crippen LogP contribution in [0.3, 0.4) is 0 Å². The summed E-state index contributed by atoms with van der Waals surface area (Å²) < 4.78 is 22.8. The van der Waals surface area contributed by atoms with Crippen LogP contribution in [0.15, 0.2) is 41.3 Å². The van der Waals surface area contributed by atoms with Crippen molar-refractivity contribution in [3.05, 3.63) is 46.9 Å². The summed E-state index contributed by atoms with van der Waals surface area (Å²) >= 11 is 0. The third kappa shape index (κ3) is 6.65. The second kappa shape index (κ2) is 11.3. The quantitative estimate of drug-likeness (QED) is 0.350. The van der Waals surface area contributed by atoms with Crippen LogP contribution < -0.4 is 25.2 Å². The third-order valence-electron chi connectivity index (χ3n) is 6.41. The number of ether oxygens (including phenoxy) is 2. The lowest BCUT2D eigenvalue weighted by Gasteiger charge is -2.33. The molecule has 0 unspecified atom stereocenters. The van der Waals surface area contributed by atoms with Crippen molar-refractivity contribution in [1.29, 1.82) is 0 Å². The minimum Gasteiger partial charge on any atom is -0.497 e. The lowest BCUT2D eigenvalue weighted by atomic mass is 9.94. The molecule has 3 heterocycles. The van der Waals surface area contributed by atoms with Crippen molar-refractivity contribution in [3.63, 3.8) is 0 Å². The number of nitrogens with zero attached hydrogens (tertiary/aromatic N) is 4. The van der Waals surface area contributed by atoms with Gasteiger partial charge in [-0.15, -0.1) is 0 Å². The van der Waals surface area contributed by atoms with Crippen molar-refractivity contribution in [2.45, 2.75) is 25.8 Å². The molecule has 0 bridgehead atoms. The molecule has 1 aromatic carbocycles. The van der Waals surface area contributed by atoms with Gasteiger partial charge in [0, 0.05) is 30.2 Å². The summed E-state index contributed by atoms with van der Waals surface area (Å²) in [4.78, 5) is 51.0. The predicted octanol–water partition coefficient (Wildman–Crippen LogP) is 2.23. The molecule has 0 saturated carbocycles. The van der Waals surface area contributed by atoms with E-state index in [0.717, 1.165) is 4.68 Å². The Morgan fingerprint density at radius 2 is 1.86 bits per heavy atom. The van der Waals surface area contributed by atoms with Crippen LogP contribution in [0.2, 0.25) is 0 Å². The second-order valence-corrected chi connectivity index (χ2v) is 10.7. The summed E-state index contributed by atoms with van der Waals surface area (Å²) in [5.41, 5.74) is 0.115. The van der Waals surface area contributed by atoms with E-state index in [0.29, 0.717) is 66.3 Å². The minimum absolute atomic E-state index is 0.132. The number of carbonyl (C=O) groups excluding carboxylic acids is 1. The molecule has 0 spiro atoms. The van der Waals surface area contributed by atoms with Crippen LogP contribution in [0.4, 0.5) is 11.5 Å². The van der Waals surface area contributed by atoms with Crippen LogP contribution in [-0.4, -0.2) is 63.9 Å². The smallest absolute Gasteiger partial charge is 0.325 e. The van der Waals surface area contributed by atoms with Crippen molar-refractivity contribution < 1.29 is 28.6 Å². The summed E-state index contributed by atoms with van der Waals surface area (Å²) in [7, 11) is -0.986. The Morgan fingerprint density at radius 1 is 1.16 bits per heavy atom. The maximum atomic E-state index is 13.5. The predicted molar refractivity (Wildman–Crippen MR) is 138 cm³/mol. The van der Waals surface area contributed by atoms with Crippen molar-refractivity contribution in [1.82, 2.24) is 14.8 Å². The summed E-state index contributed by atoms with van der Waals surface area (Å²) in [5.74, 6) is 1.21. The molecule has 0 radical (unpaired) electrons. The summed E-state index contributed by atoms with van der Waals surface area (Å²) in [6, 6.07) is 8.46. The molecule has 3 aromatic rings. The van der Waals surface area contributed by atoms with Gasteiger partial charge in [-0.05, 0) is 49.4 Å². The highest BCUT2D eigenvalue weighted by molar-refractivity contribution is 7.51. The summed E-state index contributed by atoms with van der Waals surface area (Å²) in [6.07, 6.45) is 3.25. The highest BCUT2D eigenvalue weighted by atomic mass is 31.2. The molecule has 12 nitrogen and oxygen atoms in total. The second-order valence-electron chi connectivity index (χ2n) is 8.94. The molecule has 1 aliphatic heterocycles. The van der Waals surface area contributed by atoms with Gasteiger partial charge in [0.1, 0.15) is 18.1 Å². The van der Waals surface area contributed by atoms with Crippen LogP contribution in [0.25, 0.3) is 10.8 Å². The fraction of sp³-hybridized carbons (Fsp3) is 0.417. The molecule has 13 heteroatoms. The van der Waals surface area contributed by atoms with Gasteiger partial charge >= 0.3 is 7.60 Å². The molecule has 1 saturated heterocycles. The van der Waals surface area contributed by atoms with E-state index < -0.39 is 19.1 Å². The monoisotopic (exact) mass is 531 g/mol. The van der Waals surface area contributed by atoms with Gasteiger partial charge in [-0.1, -0.05) is 0 Å². The molecular formula is C24H30N5O7P. The molecule has 37 heavy (non-hydrogen) atoms. The average molecular weight is 532 g/mol. The Hall–Kier alpha value is -3.47. The van der Waals surface area contributed by atoms with Crippen LogP contribution in [0, 0.1) is 5.92 Å². The number of amides is 1. The average Bonchev–Trinajstić information content (AvgIpc) is 2.89. The molecule has 3 N–H and O–H groups in total. The van der Waals surface area contributed by atoms with Gasteiger partial charge in [0.2, 0.25) is 11.8 Å². The SMILES string of the molecule is COc1ccc(NC(=O)Cn2ncc3cc(OC)nc(N4CCC(CCP(=O)(O)O)CC4)c3c2=O)cc1. The van der Waals surface area contributed by atoms with Gasteiger partial charge < -0.3 is 29.5 Å². The van der Waals surface area contributed by atoms with Gasteiger partial charge in [0.05, 0.1) is 32.0 Å². The van der Waals surface area contributed by atoms with E-state index in [4.69, 9.17) is 9.47 Å². The molecule has 1 amide bonds. The van der Waals surface area contributed by atoms with E-state index in [1.165, 1.54) is 13.3 Å². The maximum Gasteiger partial charge on any atom is 0.325 e. The van der Waals surface area contributed by atoms with Crippen molar-refractivity contribution in [2.75, 3.05) is 43.7 Å². The van der Waals surface area contributed by atoms with Crippen molar-refractivity contribution in [2.24, 2.45) is 5.92 Å². The number of nitrogens with one attached hydrogen (secondary N) is 1. The Kier molecular flexibility index (Phi) is 8.11. The Balaban J connectivity index is 1.55. The number of aromatic nitrogens is 3. The molecule has 1 fully saturated rings. The van der Waals surface area contributed by atoms with E-state index in [-0.39, 0.29) is 18.6 Å². The molecule has 1 aliphatic rings. The van der Waals surface area contributed by atoms with E-state index in [1.54, 1.807) is 37.4 Å². The van der Waals surface area contributed by atoms with E-state index in [9.17, 15) is 23.9 Å². The number of carbonyl (C=O) groups is 1. The Morgan fingerprint density at radius 3 is 2.49 bits per heavy atom. The Bertz CT molecular complexity index is 1360. The summed E-state index contributed by atoms with van der Waals surface area (Å²) in [5, 5.41) is 7.81. The van der Waals surface area contributed by atoms with E-state index in [1.807, 2.05) is 4.90 Å². The standard InChI is InChI=1S/C24H30N5O7P/c1-35-19-5-3-18(4-6-19)26-20(30)15-29-24(31)22-17(14-25-29)13-21(36-2)27-23(22)28-10-7-16(8-11-28)9-12-37(32,33)34/h3-6,13-14,16H,7-12,15H2,1-2H3,(H,26,30)(H2,32,33,34). The van der Waals surface area contributed by atoms with Crippen molar-refractivity contribution >= 4 is 35.8 Å². The first-order valence-corrected chi connectivity index (χ1v) is 13.6. The fourth-order valence-electron chi connectivity index (χ4n) is 4.40. The number of anilines is 2. The molecule has 4 rings (SSSR count). The van der Waals surface area contributed by atoms with Crippen LogP contribution in [0.1, 0.15) is 19.3 Å². The summed E-state index contributed by atoms with van der Waals surface area (Å²) in [6.45, 7) is 0.859. The molecule has 198 valence electrons. The lowest BCUT2D eigenvalue weighted by molar-refractivity contribution is -0.117. The highest BCUT2D eigenvalue weighted by Gasteiger charge is 2.26. The van der Waals surface area contributed by atoms with E-state index >= 15 is 0 Å². The number of piperidine rings is 1. The van der Waals surface area contributed by atoms with Gasteiger partial charge in [0.25, 0.3) is 5.56 Å². The first-order chi connectivity index (χ1) is 17.7. The van der Waals surface area contributed by atoms with Crippen LogP contribution >= 0.6 is 7.60 Å². The van der Waals surface area contributed by atoms with Crippen LogP contribution in [0.5, 0.6) is 11.6 Å². The number of pyridine rings is 1. The number of hydrogen-bond donors (Lipinski definition) is 3. The normalized spacial score (nSPS) is 14.5. The zero-order chi connectivity index (χ0) is 26.6. The molecular weight excluding hydrogens is 501 g/mol. The lowest BCUT2D eigenvalue weighted by Crippen LogP contribution is -2.36. The Labute approximate surface area is 213 Å². The zero-order valence-electron chi connectivity index (χ0n) is 20.7. The van der Waals surface area contributed by atoms with Gasteiger partial charge in [-0.3, -0.25) is 14.2 Å². The van der Waals surface area contributed by atoms with Crippen molar-refractivity contribution in [3.8, 4) is 11.6 Å². The fourth-order valence-corrected chi connectivity index (χ4v) is 5.10. The van der Waals surface area contributed by atoms with Crippen LogP contribution in [-0.2, 0) is 15.9 Å². The first kappa shape index (κ1) is 26.6. The number of methoxy groups -OCH3 is 2. The van der Waals surface area contributed by atoms with Gasteiger partial charge in [-0.2, -0.15) is 10.1 Å². The molecule has 0 atom stereocenters. The molecule has 0 aliphatic carbocycles. The maximum absolute atomic E-state index is 13.5. The number of benzene rings is 1. The van der Waals surface area contributed by atoms with Gasteiger partial charge in [-0.25, -0.2) is 4.68 Å². The largest absolute Gasteiger partial charge is 0.497 e. The molecule has 2 aromatic heterocycles. The first-order valence-electron chi connectivity index (χ1n) is 11.8. The third-order valence-corrected chi connectivity index (χ3v) is 7.25. The number of fused-ring (bicyclic) bond motifs is 1.